The molecule has 0 spiro atoms. The molecule has 0 aliphatic heterocycles. The van der Waals surface area contributed by atoms with Gasteiger partial charge in [0, 0.05) is 43.7 Å². The highest BCUT2D eigenvalue weighted by Gasteiger charge is 2.04. The number of aromatic nitrogens is 4. The molecule has 0 saturated heterocycles. The van der Waals surface area contributed by atoms with Crippen LogP contribution >= 0.6 is 0 Å². The first-order valence-corrected chi connectivity index (χ1v) is 5.95. The van der Waals surface area contributed by atoms with E-state index >= 15 is 0 Å². The van der Waals surface area contributed by atoms with Gasteiger partial charge in [0.15, 0.2) is 0 Å². The van der Waals surface area contributed by atoms with E-state index < -0.39 is 0 Å². The fourth-order valence-electron chi connectivity index (χ4n) is 1.71. The zero-order valence-corrected chi connectivity index (χ0v) is 10.6. The minimum atomic E-state index is 0.767. The number of aryl methyl sites for hydroxylation is 2. The minimum absolute atomic E-state index is 0.767. The Hall–Kier alpha value is -1.78. The average molecular weight is 233 g/mol. The molecular weight excluding hydrogens is 214 g/mol. The van der Waals surface area contributed by atoms with Gasteiger partial charge >= 0.3 is 0 Å². The lowest BCUT2D eigenvalue weighted by molar-refractivity contribution is 0.604. The highest BCUT2D eigenvalue weighted by atomic mass is 15.3. The van der Waals surface area contributed by atoms with Gasteiger partial charge in [-0.25, -0.2) is 0 Å². The molecule has 0 unspecified atom stereocenters. The van der Waals surface area contributed by atoms with Crippen LogP contribution in [0.25, 0.3) is 0 Å². The molecule has 0 saturated carbocycles. The van der Waals surface area contributed by atoms with Crippen molar-refractivity contribution < 1.29 is 0 Å². The van der Waals surface area contributed by atoms with Gasteiger partial charge in [-0.2, -0.15) is 10.2 Å². The van der Waals surface area contributed by atoms with Crippen molar-refractivity contribution in [1.29, 1.82) is 0 Å². The standard InChI is InChI=1S/C12H19N5/c1-4-6-17-7-5-12(15-17)13-8-11-9-14-16(3)10(11)2/h5,7,9H,4,6,8H2,1-3H3,(H,13,15). The Morgan fingerprint density at radius 2 is 2.24 bits per heavy atom. The van der Waals surface area contributed by atoms with Crippen molar-refractivity contribution in [2.24, 2.45) is 7.05 Å². The Labute approximate surface area is 101 Å². The molecule has 1 N–H and O–H groups in total. The molecule has 17 heavy (non-hydrogen) atoms. The second-order valence-electron chi connectivity index (χ2n) is 4.20. The zero-order chi connectivity index (χ0) is 12.3. The Bertz CT molecular complexity index is 483. The Morgan fingerprint density at radius 1 is 1.41 bits per heavy atom. The molecule has 5 heteroatoms. The summed E-state index contributed by atoms with van der Waals surface area (Å²) in [6.07, 6.45) is 5.00. The van der Waals surface area contributed by atoms with Crippen LogP contribution in [0.1, 0.15) is 24.6 Å². The summed E-state index contributed by atoms with van der Waals surface area (Å²) >= 11 is 0. The van der Waals surface area contributed by atoms with Gasteiger partial charge in [0.05, 0.1) is 6.20 Å². The molecule has 5 nitrogen and oxygen atoms in total. The van der Waals surface area contributed by atoms with E-state index in [4.69, 9.17) is 0 Å². The van der Waals surface area contributed by atoms with Crippen molar-refractivity contribution in [1.82, 2.24) is 19.6 Å². The van der Waals surface area contributed by atoms with Crippen LogP contribution in [-0.2, 0) is 20.1 Å². The molecule has 2 heterocycles. The minimum Gasteiger partial charge on any atom is -0.364 e. The first-order valence-electron chi connectivity index (χ1n) is 5.95. The van der Waals surface area contributed by atoms with E-state index in [1.807, 2.05) is 34.9 Å². The molecule has 2 aromatic heterocycles. The zero-order valence-electron chi connectivity index (χ0n) is 10.6. The van der Waals surface area contributed by atoms with Crippen LogP contribution in [0, 0.1) is 6.92 Å². The van der Waals surface area contributed by atoms with Crippen LogP contribution in [0.15, 0.2) is 18.5 Å². The van der Waals surface area contributed by atoms with E-state index in [2.05, 4.69) is 29.4 Å². The fraction of sp³-hybridized carbons (Fsp3) is 0.500. The largest absolute Gasteiger partial charge is 0.364 e. The topological polar surface area (TPSA) is 47.7 Å². The van der Waals surface area contributed by atoms with Crippen LogP contribution in [0.4, 0.5) is 5.82 Å². The summed E-state index contributed by atoms with van der Waals surface area (Å²) in [5.74, 6) is 0.918. The third-order valence-corrected chi connectivity index (χ3v) is 2.89. The molecule has 0 fully saturated rings. The molecule has 0 aliphatic rings. The van der Waals surface area contributed by atoms with Gasteiger partial charge in [0.2, 0.25) is 0 Å². The van der Waals surface area contributed by atoms with Crippen LogP contribution in [0.3, 0.4) is 0 Å². The maximum Gasteiger partial charge on any atom is 0.148 e. The lowest BCUT2D eigenvalue weighted by atomic mass is 10.2. The van der Waals surface area contributed by atoms with E-state index in [1.54, 1.807) is 0 Å². The van der Waals surface area contributed by atoms with Crippen LogP contribution < -0.4 is 5.32 Å². The number of nitrogens with zero attached hydrogens (tertiary/aromatic N) is 4. The van der Waals surface area contributed by atoms with Crippen molar-refractivity contribution in [2.75, 3.05) is 5.32 Å². The molecule has 92 valence electrons. The van der Waals surface area contributed by atoms with Crippen molar-refractivity contribution in [3.63, 3.8) is 0 Å². The third-order valence-electron chi connectivity index (χ3n) is 2.89. The highest BCUT2D eigenvalue weighted by molar-refractivity contribution is 5.34. The third kappa shape index (κ3) is 2.67. The Morgan fingerprint density at radius 3 is 2.88 bits per heavy atom. The van der Waals surface area contributed by atoms with Crippen molar-refractivity contribution >= 4 is 5.82 Å². The monoisotopic (exact) mass is 233 g/mol. The van der Waals surface area contributed by atoms with Gasteiger partial charge < -0.3 is 5.32 Å². The Balaban J connectivity index is 1.95. The molecule has 0 radical (unpaired) electrons. The highest BCUT2D eigenvalue weighted by Crippen LogP contribution is 2.09. The summed E-state index contributed by atoms with van der Waals surface area (Å²) in [5, 5.41) is 12.0. The SMILES string of the molecule is CCCn1ccc(NCc2cnn(C)c2C)n1. The summed E-state index contributed by atoms with van der Waals surface area (Å²) < 4.78 is 3.84. The average Bonchev–Trinajstić information content (AvgIpc) is 2.87. The predicted octanol–water partition coefficient (Wildman–Crippen LogP) is 1.95. The number of hydrogen-bond donors (Lipinski definition) is 1. The molecule has 0 aromatic carbocycles. The van der Waals surface area contributed by atoms with E-state index in [-0.39, 0.29) is 0 Å². The van der Waals surface area contributed by atoms with E-state index in [1.165, 1.54) is 11.3 Å². The van der Waals surface area contributed by atoms with Crippen molar-refractivity contribution in [3.05, 3.63) is 29.7 Å². The summed E-state index contributed by atoms with van der Waals surface area (Å²) in [6.45, 7) is 5.95. The number of hydrogen-bond acceptors (Lipinski definition) is 3. The lowest BCUT2D eigenvalue weighted by Crippen LogP contribution is -2.03. The summed E-state index contributed by atoms with van der Waals surface area (Å²) in [6, 6.07) is 2.00. The fourth-order valence-corrected chi connectivity index (χ4v) is 1.71. The summed E-state index contributed by atoms with van der Waals surface area (Å²) in [7, 11) is 1.95. The van der Waals surface area contributed by atoms with Crippen LogP contribution in [-0.4, -0.2) is 19.6 Å². The first-order chi connectivity index (χ1) is 8.20. The van der Waals surface area contributed by atoms with E-state index in [0.717, 1.165) is 25.3 Å². The predicted molar refractivity (Wildman–Crippen MR) is 67.8 cm³/mol. The second kappa shape index (κ2) is 5.03. The number of anilines is 1. The second-order valence-corrected chi connectivity index (χ2v) is 4.20. The van der Waals surface area contributed by atoms with Gasteiger partial charge in [-0.05, 0) is 13.3 Å². The van der Waals surface area contributed by atoms with Gasteiger partial charge in [-0.15, -0.1) is 0 Å². The number of nitrogens with one attached hydrogen (secondary N) is 1. The van der Waals surface area contributed by atoms with E-state index in [0.29, 0.717) is 0 Å². The van der Waals surface area contributed by atoms with Crippen LogP contribution in [0.2, 0.25) is 0 Å². The molecule has 0 atom stereocenters. The normalized spacial score (nSPS) is 10.8. The molecule has 0 aliphatic carbocycles. The molecule has 0 bridgehead atoms. The van der Waals surface area contributed by atoms with Gasteiger partial charge in [0.25, 0.3) is 0 Å². The quantitative estimate of drug-likeness (QED) is 0.858. The van der Waals surface area contributed by atoms with E-state index in [9.17, 15) is 0 Å². The maximum atomic E-state index is 4.43. The molecule has 0 amide bonds. The molecule has 2 rings (SSSR count). The Kier molecular flexibility index (Phi) is 3.46. The summed E-state index contributed by atoms with van der Waals surface area (Å²) in [4.78, 5) is 0. The van der Waals surface area contributed by atoms with Crippen molar-refractivity contribution in [2.45, 2.75) is 33.4 Å². The first kappa shape index (κ1) is 11.7. The summed E-state index contributed by atoms with van der Waals surface area (Å²) in [5.41, 5.74) is 2.39. The molecule has 2 aromatic rings. The van der Waals surface area contributed by atoms with Gasteiger partial charge in [-0.3, -0.25) is 9.36 Å². The number of rotatable bonds is 5. The van der Waals surface area contributed by atoms with Gasteiger partial charge in [0.1, 0.15) is 5.82 Å². The van der Waals surface area contributed by atoms with Gasteiger partial charge in [-0.1, -0.05) is 6.92 Å². The van der Waals surface area contributed by atoms with Crippen LogP contribution in [0.5, 0.6) is 0 Å². The lowest BCUT2D eigenvalue weighted by Gasteiger charge is -2.02. The molecular formula is C12H19N5. The van der Waals surface area contributed by atoms with Crippen molar-refractivity contribution in [3.8, 4) is 0 Å². The smallest absolute Gasteiger partial charge is 0.148 e. The maximum absolute atomic E-state index is 4.43.